The summed E-state index contributed by atoms with van der Waals surface area (Å²) in [6, 6.07) is -1.13. The summed E-state index contributed by atoms with van der Waals surface area (Å²) in [7, 11) is -2.24. The number of hydrogen-bond donors (Lipinski definition) is 2. The van der Waals surface area contributed by atoms with Gasteiger partial charge in [-0.25, -0.2) is 13.1 Å². The van der Waals surface area contributed by atoms with E-state index >= 15 is 0 Å². The van der Waals surface area contributed by atoms with E-state index in [0.717, 1.165) is 0 Å². The summed E-state index contributed by atoms with van der Waals surface area (Å²) in [5.41, 5.74) is 0. The maximum absolute atomic E-state index is 11.4. The van der Waals surface area contributed by atoms with Gasteiger partial charge in [0.15, 0.2) is 0 Å². The molecular formula is C7H15NO5S. The molecule has 0 aliphatic rings. The smallest absolute Gasteiger partial charge is 0.321 e. The average molecular weight is 225 g/mol. The van der Waals surface area contributed by atoms with E-state index in [9.17, 15) is 13.2 Å². The standard InChI is InChI=1S/C7H15NO5S/c1-5(4-13-3)14(11,12)8-6(2)7(9)10/h5-6,8H,4H2,1-3H3,(H,9,10)/t5?,6-/m1/s1. The van der Waals surface area contributed by atoms with Crippen LogP contribution in [0, 0.1) is 0 Å². The van der Waals surface area contributed by atoms with E-state index < -0.39 is 27.3 Å². The molecule has 2 atom stereocenters. The number of ether oxygens (including phenoxy) is 1. The van der Waals surface area contributed by atoms with E-state index in [4.69, 9.17) is 5.11 Å². The molecule has 0 heterocycles. The number of methoxy groups -OCH3 is 1. The summed E-state index contributed by atoms with van der Waals surface area (Å²) < 4.78 is 29.5. The fourth-order valence-electron chi connectivity index (χ4n) is 0.737. The zero-order valence-corrected chi connectivity index (χ0v) is 9.17. The molecule has 14 heavy (non-hydrogen) atoms. The third-order valence-electron chi connectivity index (χ3n) is 1.64. The molecule has 0 bridgehead atoms. The van der Waals surface area contributed by atoms with Crippen molar-refractivity contribution in [2.75, 3.05) is 13.7 Å². The van der Waals surface area contributed by atoms with Crippen LogP contribution in [0.5, 0.6) is 0 Å². The minimum absolute atomic E-state index is 0.0294. The van der Waals surface area contributed by atoms with Crippen molar-refractivity contribution in [2.24, 2.45) is 0 Å². The minimum Gasteiger partial charge on any atom is -0.480 e. The van der Waals surface area contributed by atoms with E-state index in [-0.39, 0.29) is 6.61 Å². The molecule has 0 spiro atoms. The molecule has 0 radical (unpaired) electrons. The van der Waals surface area contributed by atoms with Gasteiger partial charge < -0.3 is 9.84 Å². The van der Waals surface area contributed by atoms with Crippen molar-refractivity contribution >= 4 is 16.0 Å². The predicted octanol–water partition coefficient (Wildman–Crippen LogP) is -0.586. The van der Waals surface area contributed by atoms with Gasteiger partial charge in [-0.15, -0.1) is 0 Å². The summed E-state index contributed by atoms with van der Waals surface area (Å²) in [6.07, 6.45) is 0. The van der Waals surface area contributed by atoms with Gasteiger partial charge in [0.05, 0.1) is 11.9 Å². The van der Waals surface area contributed by atoms with Crippen molar-refractivity contribution in [3.8, 4) is 0 Å². The van der Waals surface area contributed by atoms with Crippen molar-refractivity contribution in [1.82, 2.24) is 4.72 Å². The van der Waals surface area contributed by atoms with Crippen molar-refractivity contribution in [3.05, 3.63) is 0 Å². The summed E-state index contributed by atoms with van der Waals surface area (Å²) in [5, 5.41) is 7.73. The molecule has 1 unspecified atom stereocenters. The van der Waals surface area contributed by atoms with Crippen LogP contribution in [-0.2, 0) is 19.6 Å². The molecule has 0 rings (SSSR count). The number of carbonyl (C=O) groups is 1. The first-order valence-corrected chi connectivity index (χ1v) is 5.58. The first-order valence-electron chi connectivity index (χ1n) is 4.04. The third kappa shape index (κ3) is 4.03. The molecule has 0 fully saturated rings. The van der Waals surface area contributed by atoms with Crippen LogP contribution in [0.2, 0.25) is 0 Å². The van der Waals surface area contributed by atoms with Crippen LogP contribution in [0.3, 0.4) is 0 Å². The van der Waals surface area contributed by atoms with Crippen LogP contribution in [0.4, 0.5) is 0 Å². The van der Waals surface area contributed by atoms with Crippen LogP contribution in [0.1, 0.15) is 13.8 Å². The highest BCUT2D eigenvalue weighted by Gasteiger charge is 2.25. The van der Waals surface area contributed by atoms with Crippen LogP contribution in [0.25, 0.3) is 0 Å². The van der Waals surface area contributed by atoms with E-state index in [1.54, 1.807) is 0 Å². The van der Waals surface area contributed by atoms with Crippen LogP contribution in [0.15, 0.2) is 0 Å². The first kappa shape index (κ1) is 13.3. The molecule has 0 aromatic rings. The van der Waals surface area contributed by atoms with Crippen LogP contribution >= 0.6 is 0 Å². The topological polar surface area (TPSA) is 92.7 Å². The average Bonchev–Trinajstić information content (AvgIpc) is 2.03. The third-order valence-corrected chi connectivity index (χ3v) is 3.52. The second-order valence-corrected chi connectivity index (χ2v) is 5.12. The van der Waals surface area contributed by atoms with Gasteiger partial charge in [0, 0.05) is 7.11 Å². The van der Waals surface area contributed by atoms with Crippen molar-refractivity contribution in [1.29, 1.82) is 0 Å². The Kier molecular flexibility index (Phi) is 5.03. The summed E-state index contributed by atoms with van der Waals surface area (Å²) in [5.74, 6) is -1.21. The SMILES string of the molecule is COCC(C)S(=O)(=O)N[C@H](C)C(=O)O. The van der Waals surface area contributed by atoms with E-state index in [2.05, 4.69) is 4.74 Å². The quantitative estimate of drug-likeness (QED) is 0.630. The molecule has 0 aliphatic carbocycles. The Morgan fingerprint density at radius 3 is 2.36 bits per heavy atom. The normalized spacial score (nSPS) is 16.2. The highest BCUT2D eigenvalue weighted by atomic mass is 32.2. The lowest BCUT2D eigenvalue weighted by atomic mass is 10.4. The molecule has 0 saturated carbocycles. The molecule has 0 aromatic heterocycles. The number of hydrogen-bond acceptors (Lipinski definition) is 4. The lowest BCUT2D eigenvalue weighted by molar-refractivity contribution is -0.138. The summed E-state index contributed by atoms with van der Waals surface area (Å²) >= 11 is 0. The molecular weight excluding hydrogens is 210 g/mol. The zero-order valence-electron chi connectivity index (χ0n) is 8.35. The molecule has 0 amide bonds. The maximum atomic E-state index is 11.4. The highest BCUT2D eigenvalue weighted by molar-refractivity contribution is 7.90. The van der Waals surface area contributed by atoms with Crippen molar-refractivity contribution < 1.29 is 23.1 Å². The molecule has 0 saturated heterocycles. The van der Waals surface area contributed by atoms with E-state index in [1.807, 2.05) is 4.72 Å². The molecule has 2 N–H and O–H groups in total. The monoisotopic (exact) mass is 225 g/mol. The number of carboxylic acid groups (broad SMARTS) is 1. The number of nitrogens with one attached hydrogen (secondary N) is 1. The lowest BCUT2D eigenvalue weighted by Gasteiger charge is -2.15. The van der Waals surface area contributed by atoms with E-state index in [0.29, 0.717) is 0 Å². The Balaban J connectivity index is 4.41. The molecule has 0 aromatic carbocycles. The van der Waals surface area contributed by atoms with Gasteiger partial charge >= 0.3 is 5.97 Å². The molecule has 7 heteroatoms. The van der Waals surface area contributed by atoms with Crippen molar-refractivity contribution in [3.63, 3.8) is 0 Å². The second kappa shape index (κ2) is 5.28. The summed E-state index contributed by atoms with van der Waals surface area (Å²) in [6.45, 7) is 2.74. The lowest BCUT2D eigenvalue weighted by Crippen LogP contribution is -2.43. The Morgan fingerprint density at radius 1 is 1.50 bits per heavy atom. The fourth-order valence-corrected chi connectivity index (χ4v) is 1.88. The molecule has 84 valence electrons. The predicted molar refractivity (Wildman–Crippen MR) is 50.5 cm³/mol. The van der Waals surface area contributed by atoms with Crippen molar-refractivity contribution in [2.45, 2.75) is 25.1 Å². The largest absolute Gasteiger partial charge is 0.480 e. The van der Waals surface area contributed by atoms with Gasteiger partial charge in [0.2, 0.25) is 10.0 Å². The van der Waals surface area contributed by atoms with Gasteiger partial charge in [0.1, 0.15) is 6.04 Å². The number of aliphatic carboxylic acids is 1. The van der Waals surface area contributed by atoms with Gasteiger partial charge in [0.25, 0.3) is 0 Å². The Hall–Kier alpha value is -0.660. The summed E-state index contributed by atoms with van der Waals surface area (Å²) in [4.78, 5) is 10.4. The minimum atomic E-state index is -3.62. The Morgan fingerprint density at radius 2 is 2.00 bits per heavy atom. The second-order valence-electron chi connectivity index (χ2n) is 2.99. The van der Waals surface area contributed by atoms with E-state index in [1.165, 1.54) is 21.0 Å². The van der Waals surface area contributed by atoms with Gasteiger partial charge in [-0.1, -0.05) is 0 Å². The first-order chi connectivity index (χ1) is 6.31. The maximum Gasteiger partial charge on any atom is 0.321 e. The molecule has 6 nitrogen and oxygen atoms in total. The Bertz CT molecular complexity index is 286. The van der Waals surface area contributed by atoms with Crippen LogP contribution in [-0.4, -0.2) is 44.5 Å². The number of sulfonamides is 1. The highest BCUT2D eigenvalue weighted by Crippen LogP contribution is 2.00. The Labute approximate surface area is 83.3 Å². The molecule has 0 aliphatic heterocycles. The van der Waals surface area contributed by atoms with Gasteiger partial charge in [-0.2, -0.15) is 0 Å². The van der Waals surface area contributed by atoms with Gasteiger partial charge in [-0.3, -0.25) is 4.79 Å². The zero-order chi connectivity index (χ0) is 11.4. The number of rotatable bonds is 6. The fraction of sp³-hybridized carbons (Fsp3) is 0.857. The number of carboxylic acids is 1. The van der Waals surface area contributed by atoms with Crippen LogP contribution < -0.4 is 4.72 Å². The van der Waals surface area contributed by atoms with Gasteiger partial charge in [-0.05, 0) is 13.8 Å².